The number of nitrogens with two attached hydrogens (primary N) is 1. The highest BCUT2D eigenvalue weighted by atomic mass is 16.6. The van der Waals surface area contributed by atoms with E-state index in [2.05, 4.69) is 5.32 Å². The first-order chi connectivity index (χ1) is 9.59. The van der Waals surface area contributed by atoms with Gasteiger partial charge < -0.3 is 16.0 Å². The summed E-state index contributed by atoms with van der Waals surface area (Å²) in [5, 5.41) is 13.9. The second kappa shape index (κ2) is 6.23. The van der Waals surface area contributed by atoms with Crippen molar-refractivity contribution in [2.24, 2.45) is 0 Å². The van der Waals surface area contributed by atoms with E-state index in [-0.39, 0.29) is 17.3 Å². The fraction of sp³-hybridized carbons (Fsp3) is 0.462. The third-order valence-electron chi connectivity index (χ3n) is 3.36. The van der Waals surface area contributed by atoms with Crippen molar-refractivity contribution in [3.05, 3.63) is 28.3 Å². The van der Waals surface area contributed by atoms with E-state index in [0.717, 1.165) is 25.9 Å². The fourth-order valence-electron chi connectivity index (χ4n) is 2.34. The fourth-order valence-corrected chi connectivity index (χ4v) is 2.34. The maximum absolute atomic E-state index is 11.8. The third kappa shape index (κ3) is 3.17. The Balaban J connectivity index is 1.92. The number of anilines is 2. The number of likely N-dealkylation sites (tertiary alicyclic amines) is 1. The number of carbonyl (C=O) groups excluding carboxylic acids is 1. The lowest BCUT2D eigenvalue weighted by atomic mass is 10.2. The minimum atomic E-state index is -0.514. The van der Waals surface area contributed by atoms with Crippen molar-refractivity contribution >= 4 is 23.0 Å². The van der Waals surface area contributed by atoms with Crippen molar-refractivity contribution < 1.29 is 9.72 Å². The van der Waals surface area contributed by atoms with Crippen LogP contribution in [0.4, 0.5) is 17.1 Å². The van der Waals surface area contributed by atoms with E-state index >= 15 is 0 Å². The van der Waals surface area contributed by atoms with Crippen LogP contribution in [0.1, 0.15) is 19.3 Å². The number of nitrogen functional groups attached to an aromatic ring is 1. The molecule has 0 atom stereocenters. The number of benzene rings is 1. The van der Waals surface area contributed by atoms with Crippen LogP contribution in [0.15, 0.2) is 18.2 Å². The zero-order chi connectivity index (χ0) is 14.5. The third-order valence-corrected chi connectivity index (χ3v) is 3.36. The van der Waals surface area contributed by atoms with Crippen molar-refractivity contribution in [3.8, 4) is 0 Å². The second-order valence-corrected chi connectivity index (χ2v) is 4.77. The van der Waals surface area contributed by atoms with Crippen LogP contribution < -0.4 is 11.1 Å². The van der Waals surface area contributed by atoms with Gasteiger partial charge in [0.1, 0.15) is 11.4 Å². The van der Waals surface area contributed by atoms with Crippen LogP contribution >= 0.6 is 0 Å². The van der Waals surface area contributed by atoms with Crippen LogP contribution in [-0.4, -0.2) is 35.4 Å². The van der Waals surface area contributed by atoms with Crippen LogP contribution in [0, 0.1) is 10.1 Å². The van der Waals surface area contributed by atoms with E-state index in [0.29, 0.717) is 18.7 Å². The number of nitro benzene ring substituents is 1. The standard InChI is InChI=1S/C13H18N4O3/c14-10-4-3-5-11(13(10)17(19)20)15-7-6-12(18)16-8-1-2-9-16/h3-5,15H,1-2,6-9,14H2. The SMILES string of the molecule is Nc1cccc(NCCC(=O)N2CCCC2)c1[N+](=O)[O-]. The first-order valence-corrected chi connectivity index (χ1v) is 6.64. The lowest BCUT2D eigenvalue weighted by molar-refractivity contribution is -0.383. The molecule has 3 N–H and O–H groups in total. The number of hydrogen-bond acceptors (Lipinski definition) is 5. The maximum Gasteiger partial charge on any atom is 0.314 e. The molecule has 1 heterocycles. The van der Waals surface area contributed by atoms with Crippen molar-refractivity contribution in [2.75, 3.05) is 30.7 Å². The number of hydrogen-bond donors (Lipinski definition) is 2. The smallest absolute Gasteiger partial charge is 0.314 e. The summed E-state index contributed by atoms with van der Waals surface area (Å²) in [6.45, 7) is 1.99. The molecule has 7 nitrogen and oxygen atoms in total. The molecule has 0 spiro atoms. The molecular weight excluding hydrogens is 260 g/mol. The number of amides is 1. The molecule has 0 radical (unpaired) electrons. The molecule has 1 aliphatic heterocycles. The average molecular weight is 278 g/mol. The van der Waals surface area contributed by atoms with Crippen molar-refractivity contribution in [1.29, 1.82) is 0 Å². The van der Waals surface area contributed by atoms with E-state index < -0.39 is 4.92 Å². The van der Waals surface area contributed by atoms with E-state index in [9.17, 15) is 14.9 Å². The van der Waals surface area contributed by atoms with Crippen LogP contribution in [-0.2, 0) is 4.79 Å². The molecule has 7 heteroatoms. The van der Waals surface area contributed by atoms with Gasteiger partial charge in [0.15, 0.2) is 0 Å². The van der Waals surface area contributed by atoms with Crippen LogP contribution in [0.3, 0.4) is 0 Å². The molecule has 20 heavy (non-hydrogen) atoms. The molecule has 0 unspecified atom stereocenters. The molecule has 0 saturated carbocycles. The van der Waals surface area contributed by atoms with Gasteiger partial charge in [0, 0.05) is 26.1 Å². The number of nitrogens with zero attached hydrogens (tertiary/aromatic N) is 2. The maximum atomic E-state index is 11.8. The first-order valence-electron chi connectivity index (χ1n) is 6.64. The Morgan fingerprint density at radius 3 is 2.75 bits per heavy atom. The highest BCUT2D eigenvalue weighted by Gasteiger charge is 2.19. The van der Waals surface area contributed by atoms with Gasteiger partial charge in [-0.05, 0) is 25.0 Å². The minimum absolute atomic E-state index is 0.0848. The average Bonchev–Trinajstić information content (AvgIpc) is 2.92. The predicted molar refractivity (Wildman–Crippen MR) is 76.4 cm³/mol. The van der Waals surface area contributed by atoms with E-state index in [1.54, 1.807) is 12.1 Å². The summed E-state index contributed by atoms with van der Waals surface area (Å²) in [5.74, 6) is 0.0848. The summed E-state index contributed by atoms with van der Waals surface area (Å²) in [4.78, 5) is 24.1. The Hall–Kier alpha value is -2.31. The number of nitrogens with one attached hydrogen (secondary N) is 1. The molecular formula is C13H18N4O3. The van der Waals surface area contributed by atoms with Gasteiger partial charge in [0.2, 0.25) is 5.91 Å². The molecule has 1 saturated heterocycles. The molecule has 1 aromatic rings. The summed E-state index contributed by atoms with van der Waals surface area (Å²) in [6, 6.07) is 4.72. The van der Waals surface area contributed by atoms with Gasteiger partial charge in [0.25, 0.3) is 0 Å². The number of para-hydroxylation sites is 1. The molecule has 0 aliphatic carbocycles. The lowest BCUT2D eigenvalue weighted by Gasteiger charge is -2.15. The normalized spacial score (nSPS) is 14.3. The van der Waals surface area contributed by atoms with Crippen LogP contribution in [0.5, 0.6) is 0 Å². The Labute approximate surface area is 116 Å². The quantitative estimate of drug-likeness (QED) is 0.484. The molecule has 1 fully saturated rings. The minimum Gasteiger partial charge on any atom is -0.393 e. The Morgan fingerprint density at radius 2 is 2.10 bits per heavy atom. The van der Waals surface area contributed by atoms with Crippen molar-refractivity contribution in [2.45, 2.75) is 19.3 Å². The summed E-state index contributed by atoms with van der Waals surface area (Å²) >= 11 is 0. The Morgan fingerprint density at radius 1 is 1.40 bits per heavy atom. The van der Waals surface area contributed by atoms with Crippen LogP contribution in [0.25, 0.3) is 0 Å². The number of nitro groups is 1. The van der Waals surface area contributed by atoms with Crippen molar-refractivity contribution in [1.82, 2.24) is 4.90 Å². The molecule has 1 amide bonds. The van der Waals surface area contributed by atoms with E-state index in [4.69, 9.17) is 5.73 Å². The monoisotopic (exact) mass is 278 g/mol. The molecule has 1 aromatic carbocycles. The van der Waals surface area contributed by atoms with Gasteiger partial charge in [0.05, 0.1) is 4.92 Å². The number of rotatable bonds is 5. The zero-order valence-corrected chi connectivity index (χ0v) is 11.2. The number of carbonyl (C=O) groups is 1. The van der Waals surface area contributed by atoms with E-state index in [1.807, 2.05) is 4.90 Å². The van der Waals surface area contributed by atoms with Gasteiger partial charge in [-0.3, -0.25) is 14.9 Å². The molecule has 0 bridgehead atoms. The van der Waals surface area contributed by atoms with Gasteiger partial charge >= 0.3 is 5.69 Å². The lowest BCUT2D eigenvalue weighted by Crippen LogP contribution is -2.29. The predicted octanol–water partition coefficient (Wildman–Crippen LogP) is 1.60. The van der Waals surface area contributed by atoms with E-state index in [1.165, 1.54) is 6.07 Å². The second-order valence-electron chi connectivity index (χ2n) is 4.77. The van der Waals surface area contributed by atoms with Gasteiger partial charge in [-0.2, -0.15) is 0 Å². The van der Waals surface area contributed by atoms with Crippen molar-refractivity contribution in [3.63, 3.8) is 0 Å². The Bertz CT molecular complexity index is 512. The van der Waals surface area contributed by atoms with Crippen LogP contribution in [0.2, 0.25) is 0 Å². The molecule has 1 aliphatic rings. The highest BCUT2D eigenvalue weighted by Crippen LogP contribution is 2.30. The topological polar surface area (TPSA) is 102 Å². The zero-order valence-electron chi connectivity index (χ0n) is 11.2. The largest absolute Gasteiger partial charge is 0.393 e. The summed E-state index contributed by atoms with van der Waals surface area (Å²) in [5.41, 5.74) is 5.93. The van der Waals surface area contributed by atoms with Gasteiger partial charge in [-0.25, -0.2) is 0 Å². The Kier molecular flexibility index (Phi) is 4.39. The molecule has 2 rings (SSSR count). The van der Waals surface area contributed by atoms with Gasteiger partial charge in [-0.15, -0.1) is 0 Å². The summed E-state index contributed by atoms with van der Waals surface area (Å²) in [7, 11) is 0. The highest BCUT2D eigenvalue weighted by molar-refractivity contribution is 5.78. The molecule has 0 aromatic heterocycles. The van der Waals surface area contributed by atoms with Gasteiger partial charge in [-0.1, -0.05) is 6.07 Å². The summed E-state index contributed by atoms with van der Waals surface area (Å²) < 4.78 is 0. The summed E-state index contributed by atoms with van der Waals surface area (Å²) in [6.07, 6.45) is 2.44. The first kappa shape index (κ1) is 14.1. The molecule has 108 valence electrons.